The largest absolute Gasteiger partial charge is 0.444 e. The molecule has 0 rings (SSSR count). The summed E-state index contributed by atoms with van der Waals surface area (Å²) in [7, 11) is 0. The summed E-state index contributed by atoms with van der Waals surface area (Å²) >= 11 is 0. The van der Waals surface area contributed by atoms with Gasteiger partial charge >= 0.3 is 11.9 Å². The van der Waals surface area contributed by atoms with Crippen molar-refractivity contribution in [3.63, 3.8) is 0 Å². The summed E-state index contributed by atoms with van der Waals surface area (Å²) in [6, 6.07) is 0. The topological polar surface area (TPSA) is 52.6 Å². The molecular formula is C8H8O4. The molecule has 0 saturated heterocycles. The van der Waals surface area contributed by atoms with Crippen LogP contribution in [0.2, 0.25) is 0 Å². The van der Waals surface area contributed by atoms with Crippen LogP contribution in [0.5, 0.6) is 0 Å². The summed E-state index contributed by atoms with van der Waals surface area (Å²) in [6.45, 7) is 4.58. The van der Waals surface area contributed by atoms with Gasteiger partial charge < -0.3 is 9.47 Å². The second-order valence-electron chi connectivity index (χ2n) is 1.57. The van der Waals surface area contributed by atoms with Gasteiger partial charge in [-0.2, -0.15) is 0 Å². The minimum atomic E-state index is -1.09. The van der Waals surface area contributed by atoms with Crippen LogP contribution in [-0.4, -0.2) is 18.5 Å². The smallest absolute Gasteiger partial charge is 0.422 e. The molecule has 0 fully saturated rings. The Bertz CT molecular complexity index is 244. The molecule has 0 aliphatic rings. The lowest BCUT2D eigenvalue weighted by atomic mass is 10.6. The molecule has 0 heterocycles. The molecule has 4 heteroatoms. The van der Waals surface area contributed by atoms with Gasteiger partial charge in [0.25, 0.3) is 0 Å². The van der Waals surface area contributed by atoms with Crippen LogP contribution in [0, 0.1) is 11.8 Å². The molecule has 0 atom stereocenters. The van der Waals surface area contributed by atoms with Crippen LogP contribution >= 0.6 is 0 Å². The van der Waals surface area contributed by atoms with E-state index in [0.717, 1.165) is 6.26 Å². The first kappa shape index (κ1) is 10.2. The zero-order valence-electron chi connectivity index (χ0n) is 6.62. The number of hydrogen-bond acceptors (Lipinski definition) is 4. The van der Waals surface area contributed by atoms with Crippen molar-refractivity contribution < 1.29 is 19.1 Å². The van der Waals surface area contributed by atoms with Gasteiger partial charge in [0.2, 0.25) is 0 Å². The van der Waals surface area contributed by atoms with Gasteiger partial charge in [0.1, 0.15) is 0 Å². The fourth-order valence-electron chi connectivity index (χ4n) is 0.357. The standard InChI is InChI=1S/C8H8O4/c1-3-5-6-12-8(10)7(9)11-4-2/h4H,2,6H2,1H3. The molecule has 0 saturated carbocycles. The quantitative estimate of drug-likeness (QED) is 0.256. The van der Waals surface area contributed by atoms with E-state index in [1.807, 2.05) is 0 Å². The van der Waals surface area contributed by atoms with Crippen molar-refractivity contribution in [3.8, 4) is 11.8 Å². The molecule has 0 radical (unpaired) electrons. The first-order chi connectivity index (χ1) is 5.72. The SMILES string of the molecule is C=COC(=O)C(=O)OCC#CC. The molecule has 0 amide bonds. The predicted octanol–water partition coefficient (Wildman–Crippen LogP) is 0.240. The van der Waals surface area contributed by atoms with Crippen LogP contribution in [0.25, 0.3) is 0 Å². The Morgan fingerprint density at radius 2 is 2.17 bits per heavy atom. The number of ether oxygens (including phenoxy) is 2. The molecule has 0 N–H and O–H groups in total. The predicted molar refractivity (Wildman–Crippen MR) is 40.7 cm³/mol. The van der Waals surface area contributed by atoms with Crippen molar-refractivity contribution in [1.82, 2.24) is 0 Å². The number of rotatable bonds is 2. The summed E-state index contributed by atoms with van der Waals surface area (Å²) in [4.78, 5) is 21.1. The van der Waals surface area contributed by atoms with Crippen LogP contribution in [0.3, 0.4) is 0 Å². The average Bonchev–Trinajstić information content (AvgIpc) is 2.05. The molecule has 0 bridgehead atoms. The fraction of sp³-hybridized carbons (Fsp3) is 0.250. The highest BCUT2D eigenvalue weighted by atomic mass is 16.6. The third kappa shape index (κ3) is 4.12. The van der Waals surface area contributed by atoms with Gasteiger partial charge in [-0.1, -0.05) is 12.5 Å². The van der Waals surface area contributed by atoms with Crippen molar-refractivity contribution in [2.24, 2.45) is 0 Å². The highest BCUT2D eigenvalue weighted by molar-refractivity contribution is 6.29. The lowest BCUT2D eigenvalue weighted by Gasteiger charge is -1.96. The Morgan fingerprint density at radius 3 is 2.67 bits per heavy atom. The first-order valence-corrected chi connectivity index (χ1v) is 3.10. The Kier molecular flexibility index (Phi) is 5.11. The molecule has 4 nitrogen and oxygen atoms in total. The lowest BCUT2D eigenvalue weighted by molar-refractivity contribution is -0.163. The van der Waals surface area contributed by atoms with Crippen LogP contribution < -0.4 is 0 Å². The molecular weight excluding hydrogens is 160 g/mol. The molecule has 0 aliphatic carbocycles. The van der Waals surface area contributed by atoms with Crippen LogP contribution in [0.15, 0.2) is 12.8 Å². The molecule has 0 aliphatic heterocycles. The van der Waals surface area contributed by atoms with Gasteiger partial charge in [0.15, 0.2) is 6.61 Å². The van der Waals surface area contributed by atoms with E-state index in [2.05, 4.69) is 27.9 Å². The van der Waals surface area contributed by atoms with Gasteiger partial charge in [0.05, 0.1) is 6.26 Å². The maximum atomic E-state index is 10.6. The highest BCUT2D eigenvalue weighted by Crippen LogP contribution is 1.83. The van der Waals surface area contributed by atoms with Gasteiger partial charge in [0, 0.05) is 0 Å². The lowest BCUT2D eigenvalue weighted by Crippen LogP contribution is -2.18. The van der Waals surface area contributed by atoms with Crippen molar-refractivity contribution >= 4 is 11.9 Å². The van der Waals surface area contributed by atoms with Gasteiger partial charge in [-0.25, -0.2) is 9.59 Å². The van der Waals surface area contributed by atoms with E-state index in [9.17, 15) is 9.59 Å². The maximum Gasteiger partial charge on any atom is 0.422 e. The zero-order valence-corrected chi connectivity index (χ0v) is 6.62. The number of carbonyl (C=O) groups is 2. The van der Waals surface area contributed by atoms with Gasteiger partial charge in [-0.3, -0.25) is 0 Å². The highest BCUT2D eigenvalue weighted by Gasteiger charge is 2.14. The summed E-state index contributed by atoms with van der Waals surface area (Å²) in [5.74, 6) is 2.78. The average molecular weight is 168 g/mol. The van der Waals surface area contributed by atoms with Crippen LogP contribution in [-0.2, 0) is 19.1 Å². The van der Waals surface area contributed by atoms with Crippen LogP contribution in [0.1, 0.15) is 6.92 Å². The summed E-state index contributed by atoms with van der Waals surface area (Å²) < 4.78 is 8.50. The van der Waals surface area contributed by atoms with Crippen molar-refractivity contribution in [2.75, 3.05) is 6.61 Å². The number of hydrogen-bond donors (Lipinski definition) is 0. The van der Waals surface area contributed by atoms with Gasteiger partial charge in [-0.05, 0) is 6.92 Å². The molecule has 0 aromatic rings. The Labute approximate surface area is 70.2 Å². The Morgan fingerprint density at radius 1 is 1.50 bits per heavy atom. The van der Waals surface area contributed by atoms with Crippen LogP contribution in [0.4, 0.5) is 0 Å². The second-order valence-corrected chi connectivity index (χ2v) is 1.57. The monoisotopic (exact) mass is 168 g/mol. The summed E-state index contributed by atoms with van der Waals surface area (Å²) in [6.07, 6.45) is 0.856. The fourth-order valence-corrected chi connectivity index (χ4v) is 0.357. The minimum Gasteiger partial charge on any atom is -0.444 e. The normalized spacial score (nSPS) is 7.42. The molecule has 0 spiro atoms. The van der Waals surface area contributed by atoms with Crippen molar-refractivity contribution in [2.45, 2.75) is 6.92 Å². The van der Waals surface area contributed by atoms with Crippen molar-refractivity contribution in [1.29, 1.82) is 0 Å². The van der Waals surface area contributed by atoms with Gasteiger partial charge in [-0.15, -0.1) is 5.92 Å². The second kappa shape index (κ2) is 5.98. The van der Waals surface area contributed by atoms with Crippen molar-refractivity contribution in [3.05, 3.63) is 12.8 Å². The third-order valence-corrected chi connectivity index (χ3v) is 0.809. The van der Waals surface area contributed by atoms with E-state index < -0.39 is 11.9 Å². The molecule has 0 aromatic heterocycles. The van der Waals surface area contributed by atoms with E-state index >= 15 is 0 Å². The molecule has 0 aromatic carbocycles. The van der Waals surface area contributed by atoms with E-state index in [0.29, 0.717) is 0 Å². The molecule has 0 unspecified atom stereocenters. The maximum absolute atomic E-state index is 10.6. The Balaban J connectivity index is 3.76. The van der Waals surface area contributed by atoms with E-state index in [-0.39, 0.29) is 6.61 Å². The first-order valence-electron chi connectivity index (χ1n) is 3.10. The number of esters is 2. The zero-order chi connectivity index (χ0) is 9.40. The van der Waals surface area contributed by atoms with E-state index in [4.69, 9.17) is 0 Å². The minimum absolute atomic E-state index is 0.110. The summed E-state index contributed by atoms with van der Waals surface area (Å²) in [5, 5.41) is 0. The van der Waals surface area contributed by atoms with E-state index in [1.165, 1.54) is 0 Å². The summed E-state index contributed by atoms with van der Waals surface area (Å²) in [5.41, 5.74) is 0. The molecule has 12 heavy (non-hydrogen) atoms. The Hall–Kier alpha value is -1.76. The molecule has 64 valence electrons. The number of carbonyl (C=O) groups excluding carboxylic acids is 2. The third-order valence-electron chi connectivity index (χ3n) is 0.809. The van der Waals surface area contributed by atoms with E-state index in [1.54, 1.807) is 6.92 Å².